The number of esters is 1. The highest BCUT2D eigenvalue weighted by Gasteiger charge is 2.14. The van der Waals surface area contributed by atoms with Gasteiger partial charge in [0, 0.05) is 12.8 Å². The molecule has 0 aliphatic heterocycles. The maximum atomic E-state index is 11.6. The zero-order valence-electron chi connectivity index (χ0n) is 10.5. The lowest BCUT2D eigenvalue weighted by Gasteiger charge is -2.09. The molecule has 0 fully saturated rings. The van der Waals surface area contributed by atoms with Gasteiger partial charge in [-0.2, -0.15) is 0 Å². The maximum Gasteiger partial charge on any atom is 0.306 e. The summed E-state index contributed by atoms with van der Waals surface area (Å²) in [5.41, 5.74) is 0.710. The first-order valence-electron chi connectivity index (χ1n) is 6.03. The Bertz CT molecular complexity index is 386. The molecule has 0 bridgehead atoms. The van der Waals surface area contributed by atoms with E-state index in [1.807, 2.05) is 18.2 Å². The molecule has 98 valence electrons. The number of hydrogen-bond acceptors (Lipinski definition) is 4. The second-order valence-electron chi connectivity index (χ2n) is 3.97. The van der Waals surface area contributed by atoms with E-state index in [1.54, 1.807) is 19.1 Å². The van der Waals surface area contributed by atoms with E-state index in [-0.39, 0.29) is 31.0 Å². The third-order valence-corrected chi connectivity index (χ3v) is 2.52. The molecule has 1 atom stereocenters. The Balaban J connectivity index is 2.34. The molecule has 18 heavy (non-hydrogen) atoms. The van der Waals surface area contributed by atoms with Crippen LogP contribution in [0.25, 0.3) is 0 Å². The Morgan fingerprint density at radius 2 is 1.89 bits per heavy atom. The first-order chi connectivity index (χ1) is 8.63. The molecule has 1 rings (SSSR count). The van der Waals surface area contributed by atoms with Gasteiger partial charge in [0.1, 0.15) is 5.78 Å². The summed E-state index contributed by atoms with van der Waals surface area (Å²) in [4.78, 5) is 22.6. The Morgan fingerprint density at radius 1 is 1.22 bits per heavy atom. The third-order valence-electron chi connectivity index (χ3n) is 2.52. The van der Waals surface area contributed by atoms with E-state index >= 15 is 0 Å². The average molecular weight is 250 g/mol. The molecule has 0 aliphatic rings. The van der Waals surface area contributed by atoms with E-state index in [0.29, 0.717) is 12.2 Å². The summed E-state index contributed by atoms with van der Waals surface area (Å²) >= 11 is 0. The highest BCUT2D eigenvalue weighted by molar-refractivity contribution is 5.83. The van der Waals surface area contributed by atoms with E-state index in [9.17, 15) is 14.7 Å². The van der Waals surface area contributed by atoms with Gasteiger partial charge in [0.05, 0.1) is 19.1 Å². The summed E-state index contributed by atoms with van der Waals surface area (Å²) in [6, 6.07) is 8.99. The SMILES string of the molecule is CCOC(=O)CCC(=O)CC(O)c1ccccc1. The number of aliphatic hydroxyl groups excluding tert-OH is 1. The van der Waals surface area contributed by atoms with Crippen molar-refractivity contribution in [3.05, 3.63) is 35.9 Å². The molecule has 0 spiro atoms. The number of ketones is 1. The number of rotatable bonds is 7. The van der Waals surface area contributed by atoms with Crippen molar-refractivity contribution in [3.63, 3.8) is 0 Å². The van der Waals surface area contributed by atoms with Crippen LogP contribution in [0.15, 0.2) is 30.3 Å². The van der Waals surface area contributed by atoms with Gasteiger partial charge in [-0.05, 0) is 12.5 Å². The number of aliphatic hydroxyl groups is 1. The lowest BCUT2D eigenvalue weighted by Crippen LogP contribution is -2.10. The minimum absolute atomic E-state index is 0.0312. The summed E-state index contributed by atoms with van der Waals surface area (Å²) in [7, 11) is 0. The molecule has 1 aromatic rings. The second kappa shape index (κ2) is 7.61. The van der Waals surface area contributed by atoms with E-state index in [2.05, 4.69) is 0 Å². The molecule has 0 saturated heterocycles. The van der Waals surface area contributed by atoms with Crippen molar-refractivity contribution >= 4 is 11.8 Å². The summed E-state index contributed by atoms with van der Waals surface area (Å²) in [5.74, 6) is -0.514. The Hall–Kier alpha value is -1.68. The van der Waals surface area contributed by atoms with Crippen LogP contribution in [0.5, 0.6) is 0 Å². The number of Topliss-reactive ketones (excluding diaryl/α,β-unsaturated/α-hetero) is 1. The van der Waals surface area contributed by atoms with Gasteiger partial charge >= 0.3 is 5.97 Å². The van der Waals surface area contributed by atoms with E-state index in [0.717, 1.165) is 0 Å². The molecule has 0 aromatic heterocycles. The number of benzene rings is 1. The van der Waals surface area contributed by atoms with Gasteiger partial charge in [-0.25, -0.2) is 0 Å². The molecule has 0 saturated carbocycles. The minimum Gasteiger partial charge on any atom is -0.466 e. The van der Waals surface area contributed by atoms with Crippen molar-refractivity contribution < 1.29 is 19.4 Å². The smallest absolute Gasteiger partial charge is 0.306 e. The quantitative estimate of drug-likeness (QED) is 0.752. The minimum atomic E-state index is -0.805. The molecule has 0 heterocycles. The van der Waals surface area contributed by atoms with Gasteiger partial charge < -0.3 is 9.84 Å². The van der Waals surface area contributed by atoms with Gasteiger partial charge in [-0.1, -0.05) is 30.3 Å². The predicted molar refractivity (Wildman–Crippen MR) is 66.9 cm³/mol. The first kappa shape index (κ1) is 14.4. The van der Waals surface area contributed by atoms with Gasteiger partial charge in [-0.3, -0.25) is 9.59 Å². The molecule has 0 radical (unpaired) electrons. The molecule has 1 unspecified atom stereocenters. The third kappa shape index (κ3) is 5.10. The van der Waals surface area contributed by atoms with Crippen molar-refractivity contribution in [1.82, 2.24) is 0 Å². The Morgan fingerprint density at radius 3 is 2.50 bits per heavy atom. The molecule has 1 N–H and O–H groups in total. The van der Waals surface area contributed by atoms with Crippen LogP contribution in [-0.2, 0) is 14.3 Å². The Kier molecular flexibility index (Phi) is 6.08. The van der Waals surface area contributed by atoms with Crippen LogP contribution in [0, 0.1) is 0 Å². The predicted octanol–water partition coefficient (Wildman–Crippen LogP) is 2.02. The largest absolute Gasteiger partial charge is 0.466 e. The summed E-state index contributed by atoms with van der Waals surface area (Å²) in [5, 5.41) is 9.82. The Labute approximate surface area is 107 Å². The number of hydrogen-bond donors (Lipinski definition) is 1. The number of carbonyl (C=O) groups is 2. The zero-order chi connectivity index (χ0) is 13.4. The summed E-state index contributed by atoms with van der Waals surface area (Å²) < 4.78 is 4.73. The summed E-state index contributed by atoms with van der Waals surface area (Å²) in [6.45, 7) is 2.04. The topological polar surface area (TPSA) is 63.6 Å². The molecule has 4 nitrogen and oxygen atoms in total. The van der Waals surface area contributed by atoms with Crippen molar-refractivity contribution in [2.75, 3.05) is 6.61 Å². The fourth-order valence-corrected chi connectivity index (χ4v) is 1.59. The van der Waals surface area contributed by atoms with Crippen LogP contribution in [0.2, 0.25) is 0 Å². The zero-order valence-corrected chi connectivity index (χ0v) is 10.5. The van der Waals surface area contributed by atoms with Crippen molar-refractivity contribution in [1.29, 1.82) is 0 Å². The first-order valence-corrected chi connectivity index (χ1v) is 6.03. The number of carbonyl (C=O) groups excluding carboxylic acids is 2. The van der Waals surface area contributed by atoms with Gasteiger partial charge in [-0.15, -0.1) is 0 Å². The average Bonchev–Trinajstić information content (AvgIpc) is 2.38. The molecule has 1 aromatic carbocycles. The van der Waals surface area contributed by atoms with Crippen LogP contribution in [-0.4, -0.2) is 23.5 Å². The summed E-state index contributed by atoms with van der Waals surface area (Å²) in [6.07, 6.45) is -0.582. The molecular weight excluding hydrogens is 232 g/mol. The van der Waals surface area contributed by atoms with Gasteiger partial charge in [0.2, 0.25) is 0 Å². The lowest BCUT2D eigenvalue weighted by molar-refractivity contribution is -0.144. The number of ether oxygens (including phenoxy) is 1. The second-order valence-corrected chi connectivity index (χ2v) is 3.97. The molecule has 4 heteroatoms. The molecular formula is C14H18O4. The fraction of sp³-hybridized carbons (Fsp3) is 0.429. The van der Waals surface area contributed by atoms with Crippen LogP contribution >= 0.6 is 0 Å². The van der Waals surface area contributed by atoms with Crippen molar-refractivity contribution in [2.24, 2.45) is 0 Å². The van der Waals surface area contributed by atoms with E-state index in [4.69, 9.17) is 4.74 Å². The van der Waals surface area contributed by atoms with Crippen molar-refractivity contribution in [2.45, 2.75) is 32.3 Å². The standard InChI is InChI=1S/C14H18O4/c1-2-18-14(17)9-8-12(15)10-13(16)11-6-4-3-5-7-11/h3-7,13,16H,2,8-10H2,1H3. The van der Waals surface area contributed by atoms with Crippen LogP contribution in [0.4, 0.5) is 0 Å². The molecule has 0 amide bonds. The molecule has 0 aliphatic carbocycles. The lowest BCUT2D eigenvalue weighted by atomic mass is 10.0. The highest BCUT2D eigenvalue weighted by Crippen LogP contribution is 2.17. The van der Waals surface area contributed by atoms with Crippen LogP contribution < -0.4 is 0 Å². The highest BCUT2D eigenvalue weighted by atomic mass is 16.5. The fourth-order valence-electron chi connectivity index (χ4n) is 1.59. The van der Waals surface area contributed by atoms with Gasteiger partial charge in [0.25, 0.3) is 0 Å². The van der Waals surface area contributed by atoms with Gasteiger partial charge in [0.15, 0.2) is 0 Å². The van der Waals surface area contributed by atoms with Crippen LogP contribution in [0.1, 0.15) is 37.9 Å². The van der Waals surface area contributed by atoms with E-state index in [1.165, 1.54) is 0 Å². The van der Waals surface area contributed by atoms with Crippen LogP contribution in [0.3, 0.4) is 0 Å². The van der Waals surface area contributed by atoms with E-state index < -0.39 is 6.10 Å². The maximum absolute atomic E-state index is 11.6. The normalized spacial score (nSPS) is 11.9. The monoisotopic (exact) mass is 250 g/mol. The van der Waals surface area contributed by atoms with Crippen molar-refractivity contribution in [3.8, 4) is 0 Å².